The third-order valence-corrected chi connectivity index (χ3v) is 2.34. The standard InChI is InChI=1S/C12H7FN3/c13-10-5-6-12(14-8-10)16-11-4-2-1-3-9(11)7-15-16/h2-8H. The van der Waals surface area contributed by atoms with Crippen molar-refractivity contribution in [1.29, 1.82) is 0 Å². The van der Waals surface area contributed by atoms with Gasteiger partial charge in [0.2, 0.25) is 0 Å². The van der Waals surface area contributed by atoms with Crippen LogP contribution < -0.4 is 0 Å². The summed E-state index contributed by atoms with van der Waals surface area (Å²) in [6.45, 7) is 0. The summed E-state index contributed by atoms with van der Waals surface area (Å²) in [6.07, 6.45) is 2.91. The van der Waals surface area contributed by atoms with Crippen LogP contribution in [0, 0.1) is 11.9 Å². The highest BCUT2D eigenvalue weighted by Gasteiger charge is 2.04. The van der Waals surface area contributed by atoms with Gasteiger partial charge >= 0.3 is 0 Å². The summed E-state index contributed by atoms with van der Waals surface area (Å²) in [5.41, 5.74) is 0.929. The van der Waals surface area contributed by atoms with Gasteiger partial charge in [-0.25, -0.2) is 14.1 Å². The van der Waals surface area contributed by atoms with E-state index in [0.29, 0.717) is 5.82 Å². The van der Waals surface area contributed by atoms with Crippen molar-refractivity contribution >= 4 is 10.9 Å². The second kappa shape index (κ2) is 3.41. The molecule has 0 unspecified atom stereocenters. The van der Waals surface area contributed by atoms with Crippen LogP contribution in [0.25, 0.3) is 16.7 Å². The van der Waals surface area contributed by atoms with Crippen molar-refractivity contribution < 1.29 is 4.39 Å². The molecule has 1 radical (unpaired) electrons. The molecule has 3 nitrogen and oxygen atoms in total. The molecule has 16 heavy (non-hydrogen) atoms. The van der Waals surface area contributed by atoms with Gasteiger partial charge in [0, 0.05) is 5.39 Å². The van der Waals surface area contributed by atoms with Crippen molar-refractivity contribution in [3.05, 3.63) is 54.6 Å². The van der Waals surface area contributed by atoms with E-state index in [0.717, 1.165) is 10.9 Å². The van der Waals surface area contributed by atoms with Crippen molar-refractivity contribution in [3.8, 4) is 5.82 Å². The van der Waals surface area contributed by atoms with Gasteiger partial charge in [0.25, 0.3) is 0 Å². The quantitative estimate of drug-likeness (QED) is 0.620. The van der Waals surface area contributed by atoms with Crippen molar-refractivity contribution in [2.24, 2.45) is 0 Å². The van der Waals surface area contributed by atoms with Crippen LogP contribution in [0.1, 0.15) is 0 Å². The summed E-state index contributed by atoms with van der Waals surface area (Å²) < 4.78 is 14.4. The van der Waals surface area contributed by atoms with Crippen LogP contribution >= 0.6 is 0 Å². The highest BCUT2D eigenvalue weighted by atomic mass is 19.1. The molecule has 3 rings (SSSR count). The monoisotopic (exact) mass is 212 g/mol. The Balaban J connectivity index is 2.22. The van der Waals surface area contributed by atoms with Gasteiger partial charge in [-0.1, -0.05) is 6.07 Å². The maximum absolute atomic E-state index is 12.7. The first kappa shape index (κ1) is 9.03. The van der Waals surface area contributed by atoms with Crippen LogP contribution in [0.15, 0.2) is 42.7 Å². The predicted molar refractivity (Wildman–Crippen MR) is 57.7 cm³/mol. The minimum atomic E-state index is -0.353. The summed E-state index contributed by atoms with van der Waals surface area (Å²) in [7, 11) is 0. The molecule has 0 aliphatic carbocycles. The SMILES string of the molecule is Fc1ccc(-n2ncc3c[c]ccc32)nc1. The Kier molecular flexibility index (Phi) is 1.93. The first-order chi connectivity index (χ1) is 7.84. The molecular weight excluding hydrogens is 205 g/mol. The number of halogens is 1. The minimum absolute atomic E-state index is 0.353. The van der Waals surface area contributed by atoms with Crippen LogP contribution in [0.3, 0.4) is 0 Å². The van der Waals surface area contributed by atoms with Gasteiger partial charge < -0.3 is 0 Å². The Hall–Kier alpha value is -2.23. The smallest absolute Gasteiger partial charge is 0.154 e. The predicted octanol–water partition coefficient (Wildman–Crippen LogP) is 2.36. The fraction of sp³-hybridized carbons (Fsp3) is 0. The fourth-order valence-corrected chi connectivity index (χ4v) is 1.59. The number of pyridine rings is 1. The van der Waals surface area contributed by atoms with Gasteiger partial charge in [-0.2, -0.15) is 5.10 Å². The Morgan fingerprint density at radius 3 is 2.94 bits per heavy atom. The number of fused-ring (bicyclic) bond motifs is 1. The molecule has 0 saturated carbocycles. The summed E-state index contributed by atoms with van der Waals surface area (Å²) in [5, 5.41) is 5.19. The number of rotatable bonds is 1. The molecule has 3 aromatic rings. The Labute approximate surface area is 91.2 Å². The molecule has 0 amide bonds. The molecule has 1 aromatic carbocycles. The van der Waals surface area contributed by atoms with Crippen LogP contribution in [0.4, 0.5) is 4.39 Å². The zero-order chi connectivity index (χ0) is 11.0. The Morgan fingerprint density at radius 1 is 1.19 bits per heavy atom. The molecule has 77 valence electrons. The topological polar surface area (TPSA) is 30.7 Å². The van der Waals surface area contributed by atoms with E-state index in [4.69, 9.17) is 0 Å². The minimum Gasteiger partial charge on any atom is -0.234 e. The molecule has 0 atom stereocenters. The maximum atomic E-state index is 12.7. The number of hydrogen-bond acceptors (Lipinski definition) is 2. The average Bonchev–Trinajstić information content (AvgIpc) is 2.74. The Morgan fingerprint density at radius 2 is 2.12 bits per heavy atom. The first-order valence-corrected chi connectivity index (χ1v) is 4.80. The van der Waals surface area contributed by atoms with Gasteiger partial charge in [-0.15, -0.1) is 0 Å². The highest BCUT2D eigenvalue weighted by Crippen LogP contribution is 2.16. The van der Waals surface area contributed by atoms with Crippen molar-refractivity contribution in [1.82, 2.24) is 14.8 Å². The Bertz CT molecular complexity index is 628. The molecule has 2 aromatic heterocycles. The van der Waals surface area contributed by atoms with Crippen LogP contribution in [0.2, 0.25) is 0 Å². The molecule has 0 aliphatic heterocycles. The van der Waals surface area contributed by atoms with E-state index in [1.54, 1.807) is 16.9 Å². The number of aromatic nitrogens is 3. The van der Waals surface area contributed by atoms with Gasteiger partial charge in [0.05, 0.1) is 17.9 Å². The molecule has 2 heterocycles. The molecule has 0 fully saturated rings. The van der Waals surface area contributed by atoms with E-state index in [9.17, 15) is 4.39 Å². The average molecular weight is 212 g/mol. The lowest BCUT2D eigenvalue weighted by atomic mass is 10.2. The number of nitrogens with zero attached hydrogens (tertiary/aromatic N) is 3. The molecule has 0 saturated heterocycles. The summed E-state index contributed by atoms with van der Waals surface area (Å²) in [5.74, 6) is 0.246. The van der Waals surface area contributed by atoms with Crippen molar-refractivity contribution in [2.45, 2.75) is 0 Å². The third kappa shape index (κ3) is 1.35. The van der Waals surface area contributed by atoms with Crippen LogP contribution in [-0.2, 0) is 0 Å². The van der Waals surface area contributed by atoms with Crippen LogP contribution in [-0.4, -0.2) is 14.8 Å². The van der Waals surface area contributed by atoms with Crippen LogP contribution in [0.5, 0.6) is 0 Å². The molecule has 0 aliphatic rings. The van der Waals surface area contributed by atoms with Gasteiger partial charge in [0.15, 0.2) is 5.82 Å². The lowest BCUT2D eigenvalue weighted by molar-refractivity contribution is 0.619. The van der Waals surface area contributed by atoms with Gasteiger partial charge in [-0.05, 0) is 30.3 Å². The first-order valence-electron chi connectivity index (χ1n) is 4.80. The fourth-order valence-electron chi connectivity index (χ4n) is 1.59. The largest absolute Gasteiger partial charge is 0.234 e. The van der Waals surface area contributed by atoms with E-state index in [1.165, 1.54) is 12.3 Å². The van der Waals surface area contributed by atoms with E-state index < -0.39 is 0 Å². The molecule has 0 spiro atoms. The third-order valence-electron chi connectivity index (χ3n) is 2.34. The van der Waals surface area contributed by atoms with E-state index >= 15 is 0 Å². The van der Waals surface area contributed by atoms with E-state index in [1.807, 2.05) is 18.2 Å². The molecule has 0 bridgehead atoms. The van der Waals surface area contributed by atoms with E-state index in [2.05, 4.69) is 16.1 Å². The van der Waals surface area contributed by atoms with Gasteiger partial charge in [-0.3, -0.25) is 0 Å². The lowest BCUT2D eigenvalue weighted by Gasteiger charge is -2.01. The second-order valence-corrected chi connectivity index (χ2v) is 3.38. The molecule has 4 heteroatoms. The molecule has 0 N–H and O–H groups in total. The summed E-state index contributed by atoms with van der Waals surface area (Å²) >= 11 is 0. The zero-order valence-corrected chi connectivity index (χ0v) is 8.26. The number of benzene rings is 1. The lowest BCUT2D eigenvalue weighted by Crippen LogP contribution is -1.98. The second-order valence-electron chi connectivity index (χ2n) is 3.38. The maximum Gasteiger partial charge on any atom is 0.154 e. The van der Waals surface area contributed by atoms with E-state index in [-0.39, 0.29) is 5.82 Å². The van der Waals surface area contributed by atoms with Gasteiger partial charge in [0.1, 0.15) is 5.82 Å². The van der Waals surface area contributed by atoms with Crippen molar-refractivity contribution in [2.75, 3.05) is 0 Å². The van der Waals surface area contributed by atoms with Crippen molar-refractivity contribution in [3.63, 3.8) is 0 Å². The number of hydrogen-bond donors (Lipinski definition) is 0. The highest BCUT2D eigenvalue weighted by molar-refractivity contribution is 5.79. The summed E-state index contributed by atoms with van der Waals surface area (Å²) in [4.78, 5) is 3.99. The normalized spacial score (nSPS) is 10.8. The zero-order valence-electron chi connectivity index (χ0n) is 8.26. The molecular formula is C12H7FN3. The summed E-state index contributed by atoms with van der Waals surface area (Å²) in [6, 6.07) is 11.5.